The highest BCUT2D eigenvalue weighted by atomic mass is 16.5. The normalized spacial score (nSPS) is 15.3. The summed E-state index contributed by atoms with van der Waals surface area (Å²) in [5.41, 5.74) is 5.45. The van der Waals surface area contributed by atoms with Crippen molar-refractivity contribution in [3.63, 3.8) is 0 Å². The van der Waals surface area contributed by atoms with Crippen LogP contribution in [0.15, 0.2) is 54.6 Å². The van der Waals surface area contributed by atoms with E-state index in [0.29, 0.717) is 23.6 Å². The number of hydrogen-bond acceptors (Lipinski definition) is 6. The van der Waals surface area contributed by atoms with Gasteiger partial charge in [-0.1, -0.05) is 18.2 Å². The average molecular weight is 425 g/mol. The molecule has 31 heavy (non-hydrogen) atoms. The van der Waals surface area contributed by atoms with Gasteiger partial charge in [0, 0.05) is 24.2 Å². The lowest BCUT2D eigenvalue weighted by Crippen LogP contribution is -2.43. The Kier molecular flexibility index (Phi) is 7.21. The van der Waals surface area contributed by atoms with Crippen molar-refractivity contribution in [3.05, 3.63) is 60.2 Å². The highest BCUT2D eigenvalue weighted by Gasteiger charge is 2.36. The standard InChI is InChI=1S/C22H23N3O6/c1-2-30-18-10-8-17(9-11-18)25-13-16(12-20(25)27)22(29)31-14-19(26)23-24-21(28)15-6-4-3-5-7-15/h3-11,16H,2,12-14H2,1H3,(H,23,26)(H,24,28)/t16-/m0/s1. The summed E-state index contributed by atoms with van der Waals surface area (Å²) < 4.78 is 10.4. The number of nitrogens with one attached hydrogen (secondary N) is 2. The van der Waals surface area contributed by atoms with E-state index in [0.717, 1.165) is 0 Å². The van der Waals surface area contributed by atoms with Crippen LogP contribution in [0.25, 0.3) is 0 Å². The number of esters is 1. The highest BCUT2D eigenvalue weighted by molar-refractivity contribution is 6.00. The molecule has 9 heteroatoms. The van der Waals surface area contributed by atoms with E-state index in [1.807, 2.05) is 6.92 Å². The van der Waals surface area contributed by atoms with Crippen molar-refractivity contribution in [1.29, 1.82) is 0 Å². The summed E-state index contributed by atoms with van der Waals surface area (Å²) in [4.78, 5) is 49.8. The van der Waals surface area contributed by atoms with Crippen molar-refractivity contribution in [1.82, 2.24) is 10.9 Å². The molecular weight excluding hydrogens is 402 g/mol. The molecule has 162 valence electrons. The molecule has 1 fully saturated rings. The zero-order valence-corrected chi connectivity index (χ0v) is 17.0. The van der Waals surface area contributed by atoms with E-state index in [4.69, 9.17) is 9.47 Å². The summed E-state index contributed by atoms with van der Waals surface area (Å²) >= 11 is 0. The number of nitrogens with zero attached hydrogens (tertiary/aromatic N) is 1. The van der Waals surface area contributed by atoms with Gasteiger partial charge in [-0.2, -0.15) is 0 Å². The molecule has 2 aromatic rings. The van der Waals surface area contributed by atoms with E-state index in [-0.39, 0.29) is 18.9 Å². The van der Waals surface area contributed by atoms with Crippen molar-refractivity contribution < 1.29 is 28.7 Å². The van der Waals surface area contributed by atoms with Crippen molar-refractivity contribution in [2.75, 3.05) is 24.7 Å². The van der Waals surface area contributed by atoms with Gasteiger partial charge >= 0.3 is 5.97 Å². The van der Waals surface area contributed by atoms with E-state index < -0.39 is 30.3 Å². The van der Waals surface area contributed by atoms with Gasteiger partial charge in [-0.3, -0.25) is 30.0 Å². The van der Waals surface area contributed by atoms with Crippen LogP contribution in [0, 0.1) is 5.92 Å². The molecule has 0 aromatic heterocycles. The number of amides is 3. The lowest BCUT2D eigenvalue weighted by atomic mass is 10.1. The van der Waals surface area contributed by atoms with Gasteiger partial charge in [0.15, 0.2) is 6.61 Å². The Bertz CT molecular complexity index is 945. The number of anilines is 1. The maximum atomic E-state index is 12.3. The Balaban J connectivity index is 1.44. The second-order valence-electron chi connectivity index (χ2n) is 6.81. The number of hydrogen-bond donors (Lipinski definition) is 2. The van der Waals surface area contributed by atoms with Crippen LogP contribution in [0.1, 0.15) is 23.7 Å². The molecule has 9 nitrogen and oxygen atoms in total. The first-order chi connectivity index (χ1) is 15.0. The Hall–Kier alpha value is -3.88. The van der Waals surface area contributed by atoms with Gasteiger partial charge in [0.1, 0.15) is 5.75 Å². The van der Waals surface area contributed by atoms with Crippen LogP contribution in [0.5, 0.6) is 5.75 Å². The molecule has 0 bridgehead atoms. The highest BCUT2D eigenvalue weighted by Crippen LogP contribution is 2.27. The number of benzene rings is 2. The van der Waals surface area contributed by atoms with Gasteiger partial charge in [0.25, 0.3) is 11.8 Å². The van der Waals surface area contributed by atoms with Crippen molar-refractivity contribution in [2.24, 2.45) is 5.92 Å². The first-order valence-corrected chi connectivity index (χ1v) is 9.82. The minimum Gasteiger partial charge on any atom is -0.494 e. The van der Waals surface area contributed by atoms with Gasteiger partial charge in [-0.05, 0) is 43.3 Å². The van der Waals surface area contributed by atoms with Crippen molar-refractivity contribution in [2.45, 2.75) is 13.3 Å². The van der Waals surface area contributed by atoms with Crippen LogP contribution >= 0.6 is 0 Å². The molecule has 0 unspecified atom stereocenters. The summed E-state index contributed by atoms with van der Waals surface area (Å²) in [6.45, 7) is 2.02. The third-order valence-electron chi connectivity index (χ3n) is 4.61. The second-order valence-corrected chi connectivity index (χ2v) is 6.81. The number of carbonyl (C=O) groups is 4. The molecule has 1 heterocycles. The van der Waals surface area contributed by atoms with Gasteiger partial charge < -0.3 is 14.4 Å². The summed E-state index contributed by atoms with van der Waals surface area (Å²) in [6, 6.07) is 15.3. The summed E-state index contributed by atoms with van der Waals surface area (Å²) in [7, 11) is 0. The molecular formula is C22H23N3O6. The van der Waals surface area contributed by atoms with Crippen LogP contribution in [0.4, 0.5) is 5.69 Å². The van der Waals surface area contributed by atoms with E-state index in [1.54, 1.807) is 54.6 Å². The van der Waals surface area contributed by atoms with Crippen LogP contribution in [0.3, 0.4) is 0 Å². The SMILES string of the molecule is CCOc1ccc(N2C[C@@H](C(=O)OCC(=O)NNC(=O)c3ccccc3)CC2=O)cc1. The topological polar surface area (TPSA) is 114 Å². The third-order valence-corrected chi connectivity index (χ3v) is 4.61. The van der Waals surface area contributed by atoms with Crippen LogP contribution in [-0.4, -0.2) is 43.4 Å². The van der Waals surface area contributed by atoms with Gasteiger partial charge in [-0.25, -0.2) is 0 Å². The largest absolute Gasteiger partial charge is 0.494 e. The first-order valence-electron chi connectivity index (χ1n) is 9.82. The fraction of sp³-hybridized carbons (Fsp3) is 0.273. The molecule has 0 radical (unpaired) electrons. The van der Waals surface area contributed by atoms with Crippen LogP contribution in [-0.2, 0) is 19.1 Å². The van der Waals surface area contributed by atoms with Crippen LogP contribution < -0.4 is 20.5 Å². The zero-order chi connectivity index (χ0) is 22.2. The van der Waals surface area contributed by atoms with E-state index in [1.165, 1.54) is 4.90 Å². The molecule has 3 rings (SSSR count). The smallest absolute Gasteiger partial charge is 0.311 e. The van der Waals surface area contributed by atoms with Crippen molar-refractivity contribution >= 4 is 29.4 Å². The molecule has 0 saturated carbocycles. The summed E-state index contributed by atoms with van der Waals surface area (Å²) in [6.07, 6.45) is -0.00158. The second kappa shape index (κ2) is 10.2. The molecule has 1 saturated heterocycles. The first kappa shape index (κ1) is 21.8. The van der Waals surface area contributed by atoms with Gasteiger partial charge in [-0.15, -0.1) is 0 Å². The average Bonchev–Trinajstić information content (AvgIpc) is 3.18. The van der Waals surface area contributed by atoms with E-state index in [2.05, 4.69) is 10.9 Å². The fourth-order valence-corrected chi connectivity index (χ4v) is 3.08. The zero-order valence-electron chi connectivity index (χ0n) is 17.0. The monoisotopic (exact) mass is 425 g/mol. The minimum absolute atomic E-state index is 0.00158. The molecule has 2 aromatic carbocycles. The van der Waals surface area contributed by atoms with Gasteiger partial charge in [0.2, 0.25) is 5.91 Å². The Labute approximate surface area is 179 Å². The molecule has 1 atom stereocenters. The molecule has 2 N–H and O–H groups in total. The molecule has 3 amide bonds. The molecule has 0 aliphatic carbocycles. The number of ether oxygens (including phenoxy) is 2. The maximum absolute atomic E-state index is 12.3. The molecule has 0 spiro atoms. The third kappa shape index (κ3) is 5.81. The number of carbonyl (C=O) groups excluding carboxylic acids is 4. The quantitative estimate of drug-likeness (QED) is 0.513. The van der Waals surface area contributed by atoms with Gasteiger partial charge in [0.05, 0.1) is 12.5 Å². The van der Waals surface area contributed by atoms with E-state index in [9.17, 15) is 19.2 Å². The van der Waals surface area contributed by atoms with Crippen LogP contribution in [0.2, 0.25) is 0 Å². The lowest BCUT2D eigenvalue weighted by Gasteiger charge is -2.17. The minimum atomic E-state index is -0.690. The number of hydrazine groups is 1. The maximum Gasteiger partial charge on any atom is 0.311 e. The predicted octanol–water partition coefficient (Wildman–Crippen LogP) is 1.44. The fourth-order valence-electron chi connectivity index (χ4n) is 3.08. The summed E-state index contributed by atoms with van der Waals surface area (Å²) in [5.74, 6) is -2.01. The molecule has 1 aliphatic rings. The Morgan fingerprint density at radius 1 is 1.03 bits per heavy atom. The Morgan fingerprint density at radius 3 is 2.42 bits per heavy atom. The van der Waals surface area contributed by atoms with Crippen molar-refractivity contribution in [3.8, 4) is 5.75 Å². The molecule has 1 aliphatic heterocycles. The number of rotatable bonds is 7. The summed E-state index contributed by atoms with van der Waals surface area (Å²) in [5, 5.41) is 0. The lowest BCUT2D eigenvalue weighted by molar-refractivity contribution is -0.152. The Morgan fingerprint density at radius 2 is 1.74 bits per heavy atom. The van der Waals surface area contributed by atoms with E-state index >= 15 is 0 Å². The predicted molar refractivity (Wildman–Crippen MR) is 111 cm³/mol.